The van der Waals surface area contributed by atoms with Crippen LogP contribution in [0.25, 0.3) is 22.6 Å². The molecule has 10 nitrogen and oxygen atoms in total. The number of benzene rings is 2. The molecule has 0 saturated carbocycles. The molecule has 0 radical (unpaired) electrons. The Hall–Kier alpha value is -4.60. The third-order valence-corrected chi connectivity index (χ3v) is 5.91. The molecular formula is C26H24N4O6. The Morgan fingerprint density at radius 1 is 1.14 bits per heavy atom. The van der Waals surface area contributed by atoms with Crippen molar-refractivity contribution in [1.82, 2.24) is 15.6 Å². The van der Waals surface area contributed by atoms with Gasteiger partial charge in [-0.15, -0.1) is 0 Å². The first-order valence-corrected chi connectivity index (χ1v) is 11.4. The number of rotatable bonds is 5. The Bertz CT molecular complexity index is 1410. The highest BCUT2D eigenvalue weighted by Crippen LogP contribution is 2.36. The number of nitro benzene ring substituents is 1. The molecule has 184 valence electrons. The zero-order valence-electron chi connectivity index (χ0n) is 19.7. The summed E-state index contributed by atoms with van der Waals surface area (Å²) < 4.78 is 5.46. The number of fused-ring (bicyclic) bond motifs is 2. The molecule has 0 saturated heterocycles. The second-order valence-corrected chi connectivity index (χ2v) is 8.32. The SMILES string of the molecule is CNC(=O)NC(=O)C(C)OC(=O)c1c2c(nc3ccccc13)C(=Cc1cccc([N+](=O)[O-])c1)CCC2. The molecule has 0 bridgehead atoms. The summed E-state index contributed by atoms with van der Waals surface area (Å²) in [5, 5.41) is 16.2. The Morgan fingerprint density at radius 2 is 1.92 bits per heavy atom. The number of carbonyl (C=O) groups excluding carboxylic acids is 3. The number of non-ortho nitro benzene ring substituents is 1. The molecule has 10 heteroatoms. The van der Waals surface area contributed by atoms with Crippen molar-refractivity contribution in [2.24, 2.45) is 0 Å². The minimum Gasteiger partial charge on any atom is -0.449 e. The van der Waals surface area contributed by atoms with Crippen LogP contribution in [0, 0.1) is 10.1 Å². The summed E-state index contributed by atoms with van der Waals surface area (Å²) >= 11 is 0. The van der Waals surface area contributed by atoms with Crippen molar-refractivity contribution in [3.8, 4) is 0 Å². The molecule has 1 aliphatic carbocycles. The van der Waals surface area contributed by atoms with E-state index < -0.39 is 28.9 Å². The van der Waals surface area contributed by atoms with E-state index >= 15 is 0 Å². The maximum Gasteiger partial charge on any atom is 0.339 e. The summed E-state index contributed by atoms with van der Waals surface area (Å²) in [4.78, 5) is 52.6. The molecule has 3 aromatic rings. The second-order valence-electron chi connectivity index (χ2n) is 8.32. The van der Waals surface area contributed by atoms with Crippen LogP contribution in [0.4, 0.5) is 10.5 Å². The van der Waals surface area contributed by atoms with Crippen molar-refractivity contribution in [3.63, 3.8) is 0 Å². The van der Waals surface area contributed by atoms with Crippen LogP contribution in [0.15, 0.2) is 48.5 Å². The first-order valence-electron chi connectivity index (χ1n) is 11.4. The van der Waals surface area contributed by atoms with Crippen molar-refractivity contribution in [1.29, 1.82) is 0 Å². The second kappa shape index (κ2) is 10.3. The molecule has 36 heavy (non-hydrogen) atoms. The minimum absolute atomic E-state index is 0.0138. The lowest BCUT2D eigenvalue weighted by molar-refractivity contribution is -0.384. The summed E-state index contributed by atoms with van der Waals surface area (Å²) in [6.07, 6.45) is 2.63. The number of allylic oxidation sites excluding steroid dienone is 1. The number of imide groups is 1. The number of ether oxygens (including phenoxy) is 1. The smallest absolute Gasteiger partial charge is 0.339 e. The largest absolute Gasteiger partial charge is 0.449 e. The third kappa shape index (κ3) is 5.07. The van der Waals surface area contributed by atoms with Gasteiger partial charge in [-0.1, -0.05) is 30.3 Å². The number of aromatic nitrogens is 1. The van der Waals surface area contributed by atoms with E-state index in [1.54, 1.807) is 30.3 Å². The van der Waals surface area contributed by atoms with Gasteiger partial charge in [-0.05, 0) is 55.0 Å². The van der Waals surface area contributed by atoms with Crippen molar-refractivity contribution < 1.29 is 24.0 Å². The lowest BCUT2D eigenvalue weighted by Crippen LogP contribution is -2.43. The average Bonchev–Trinajstić information content (AvgIpc) is 2.87. The molecule has 0 fully saturated rings. The standard InChI is InChI=1S/C26H24N4O6/c1-15(24(31)29-26(33)27-2)36-25(32)22-19-10-3-4-12-21(19)28-23-17(8-6-11-20(22)23)13-16-7-5-9-18(14-16)30(34)35/h3-5,7,9-10,12-15H,6,8,11H2,1-2H3,(H2,27,29,31,33). The Labute approximate surface area is 206 Å². The summed E-state index contributed by atoms with van der Waals surface area (Å²) in [5.41, 5.74) is 3.71. The number of urea groups is 1. The van der Waals surface area contributed by atoms with E-state index in [1.165, 1.54) is 26.1 Å². The monoisotopic (exact) mass is 488 g/mol. The minimum atomic E-state index is -1.21. The number of hydrogen-bond acceptors (Lipinski definition) is 7. The van der Waals surface area contributed by atoms with Crippen LogP contribution in [0.5, 0.6) is 0 Å². The molecule has 1 aromatic heterocycles. The number of hydrogen-bond donors (Lipinski definition) is 2. The molecule has 2 aromatic carbocycles. The van der Waals surface area contributed by atoms with Gasteiger partial charge in [0.1, 0.15) is 0 Å². The molecule has 2 N–H and O–H groups in total. The van der Waals surface area contributed by atoms with Crippen molar-refractivity contribution in [2.45, 2.75) is 32.3 Å². The van der Waals surface area contributed by atoms with Gasteiger partial charge in [0.25, 0.3) is 11.6 Å². The van der Waals surface area contributed by atoms with Crippen LogP contribution >= 0.6 is 0 Å². The molecule has 1 heterocycles. The van der Waals surface area contributed by atoms with Crippen molar-refractivity contribution in [3.05, 3.63) is 81.0 Å². The van der Waals surface area contributed by atoms with Crippen LogP contribution < -0.4 is 10.6 Å². The summed E-state index contributed by atoms with van der Waals surface area (Å²) in [7, 11) is 1.37. The predicted octanol–water partition coefficient (Wildman–Crippen LogP) is 4.02. The van der Waals surface area contributed by atoms with Gasteiger partial charge >= 0.3 is 12.0 Å². The molecule has 0 spiro atoms. The summed E-state index contributed by atoms with van der Waals surface area (Å²) in [5.74, 6) is -1.44. The van der Waals surface area contributed by atoms with E-state index in [0.29, 0.717) is 46.1 Å². The Morgan fingerprint density at radius 3 is 2.67 bits per heavy atom. The van der Waals surface area contributed by atoms with Gasteiger partial charge < -0.3 is 10.1 Å². The van der Waals surface area contributed by atoms with E-state index in [9.17, 15) is 24.5 Å². The predicted molar refractivity (Wildman–Crippen MR) is 133 cm³/mol. The number of nitrogens with one attached hydrogen (secondary N) is 2. The van der Waals surface area contributed by atoms with Crippen LogP contribution in [0.3, 0.4) is 0 Å². The molecule has 1 atom stereocenters. The number of pyridine rings is 1. The fourth-order valence-corrected chi connectivity index (χ4v) is 4.19. The topological polar surface area (TPSA) is 141 Å². The summed E-state index contributed by atoms with van der Waals surface area (Å²) in [6.45, 7) is 1.39. The third-order valence-electron chi connectivity index (χ3n) is 5.91. The van der Waals surface area contributed by atoms with Crippen LogP contribution in [0.2, 0.25) is 0 Å². The summed E-state index contributed by atoms with van der Waals surface area (Å²) in [6, 6.07) is 12.8. The molecule has 1 aliphatic rings. The zero-order valence-corrected chi connectivity index (χ0v) is 19.7. The first-order chi connectivity index (χ1) is 17.3. The van der Waals surface area contributed by atoms with Gasteiger partial charge in [-0.2, -0.15) is 0 Å². The molecule has 0 aliphatic heterocycles. The maximum atomic E-state index is 13.4. The number of carbonyl (C=O) groups is 3. The van der Waals surface area contributed by atoms with E-state index in [0.717, 1.165) is 12.0 Å². The van der Waals surface area contributed by atoms with Gasteiger partial charge in [-0.3, -0.25) is 20.2 Å². The average molecular weight is 489 g/mol. The normalized spacial score (nSPS) is 14.6. The van der Waals surface area contributed by atoms with Crippen molar-refractivity contribution in [2.75, 3.05) is 7.05 Å². The number of amides is 3. The van der Waals surface area contributed by atoms with E-state index in [1.807, 2.05) is 12.1 Å². The number of esters is 1. The Kier molecular flexibility index (Phi) is 7.05. The zero-order chi connectivity index (χ0) is 25.8. The van der Waals surface area contributed by atoms with Crippen LogP contribution in [0.1, 0.15) is 46.9 Å². The van der Waals surface area contributed by atoms with Crippen LogP contribution in [-0.4, -0.2) is 41.0 Å². The van der Waals surface area contributed by atoms with Gasteiger partial charge in [0.2, 0.25) is 0 Å². The van der Waals surface area contributed by atoms with E-state index in [4.69, 9.17) is 9.72 Å². The molecule has 4 rings (SSSR count). The number of nitrogens with zero attached hydrogens (tertiary/aromatic N) is 2. The maximum absolute atomic E-state index is 13.4. The highest BCUT2D eigenvalue weighted by atomic mass is 16.6. The number of para-hydroxylation sites is 1. The van der Waals surface area contributed by atoms with Gasteiger partial charge in [-0.25, -0.2) is 14.6 Å². The lowest BCUT2D eigenvalue weighted by atomic mass is 9.86. The van der Waals surface area contributed by atoms with Gasteiger partial charge in [0.05, 0.1) is 21.7 Å². The van der Waals surface area contributed by atoms with Crippen LogP contribution in [-0.2, 0) is 16.0 Å². The fraction of sp³-hybridized carbons (Fsp3) is 0.231. The van der Waals surface area contributed by atoms with Crippen molar-refractivity contribution >= 4 is 46.1 Å². The van der Waals surface area contributed by atoms with Gasteiger partial charge in [0, 0.05) is 24.6 Å². The molecule has 3 amide bonds. The van der Waals surface area contributed by atoms with Gasteiger partial charge in [0.15, 0.2) is 6.10 Å². The highest BCUT2D eigenvalue weighted by Gasteiger charge is 2.28. The molecular weight excluding hydrogens is 464 g/mol. The first kappa shape index (κ1) is 24.5. The lowest BCUT2D eigenvalue weighted by Gasteiger charge is -2.23. The van der Waals surface area contributed by atoms with E-state index in [-0.39, 0.29) is 5.69 Å². The molecule has 1 unspecified atom stereocenters. The highest BCUT2D eigenvalue weighted by molar-refractivity contribution is 6.07. The number of nitro groups is 1. The fourth-order valence-electron chi connectivity index (χ4n) is 4.19. The van der Waals surface area contributed by atoms with E-state index in [2.05, 4.69) is 10.6 Å². The Balaban J connectivity index is 1.77. The quantitative estimate of drug-likeness (QED) is 0.314.